The van der Waals surface area contributed by atoms with Crippen molar-refractivity contribution < 1.29 is 4.39 Å². The number of nitrogens with one attached hydrogen (secondary N) is 2. The van der Waals surface area contributed by atoms with Crippen molar-refractivity contribution in [2.75, 3.05) is 16.4 Å². The summed E-state index contributed by atoms with van der Waals surface area (Å²) in [5, 5.41) is 17.0. The summed E-state index contributed by atoms with van der Waals surface area (Å²) in [5.74, 6) is -0.425. The Morgan fingerprint density at radius 1 is 0.943 bits per heavy atom. The first kappa shape index (κ1) is 24.6. The van der Waals surface area contributed by atoms with Gasteiger partial charge in [0.25, 0.3) is 0 Å². The molecule has 0 spiro atoms. The van der Waals surface area contributed by atoms with Crippen molar-refractivity contribution in [2.24, 2.45) is 0 Å². The first-order valence-electron chi connectivity index (χ1n) is 10.3. The molecule has 4 N–H and O–H groups in total. The lowest BCUT2D eigenvalue weighted by atomic mass is 9.91. The van der Waals surface area contributed by atoms with E-state index in [1.54, 1.807) is 30.3 Å². The van der Waals surface area contributed by atoms with Crippen LogP contribution in [0.25, 0.3) is 0 Å². The van der Waals surface area contributed by atoms with Crippen LogP contribution in [0, 0.1) is 24.1 Å². The smallest absolute Gasteiger partial charge is 0.159 e. The third kappa shape index (κ3) is 5.41. The van der Waals surface area contributed by atoms with Gasteiger partial charge in [0.1, 0.15) is 17.8 Å². The molecule has 35 heavy (non-hydrogen) atoms. The highest BCUT2D eigenvalue weighted by Gasteiger charge is 2.19. The summed E-state index contributed by atoms with van der Waals surface area (Å²) in [7, 11) is 0. The first-order chi connectivity index (χ1) is 16.8. The van der Waals surface area contributed by atoms with E-state index in [9.17, 15) is 9.65 Å². The number of halogens is 4. The van der Waals surface area contributed by atoms with Gasteiger partial charge in [0.15, 0.2) is 11.6 Å². The van der Waals surface area contributed by atoms with E-state index in [0.717, 1.165) is 11.1 Å². The van der Waals surface area contributed by atoms with Crippen molar-refractivity contribution >= 4 is 63.5 Å². The van der Waals surface area contributed by atoms with Crippen LogP contribution in [0.2, 0.25) is 15.1 Å². The molecule has 4 rings (SSSR count). The Kier molecular flexibility index (Phi) is 7.27. The van der Waals surface area contributed by atoms with E-state index in [0.29, 0.717) is 38.6 Å². The van der Waals surface area contributed by atoms with E-state index in [-0.39, 0.29) is 10.7 Å². The third-order valence-electron chi connectivity index (χ3n) is 5.31. The molecule has 0 bridgehead atoms. The number of rotatable bonds is 6. The Labute approximate surface area is 216 Å². The van der Waals surface area contributed by atoms with Crippen molar-refractivity contribution in [2.45, 2.75) is 12.8 Å². The Balaban J connectivity index is 1.61. The third-order valence-corrected chi connectivity index (χ3v) is 6.18. The van der Waals surface area contributed by atoms with E-state index in [1.807, 2.05) is 13.0 Å². The lowest BCUT2D eigenvalue weighted by molar-refractivity contribution is 0.628. The number of nitriles is 1. The molecule has 0 saturated heterocycles. The van der Waals surface area contributed by atoms with Crippen molar-refractivity contribution in [1.29, 1.82) is 5.26 Å². The number of hydrogen-bond donors (Lipinski definition) is 3. The summed E-state index contributed by atoms with van der Waals surface area (Å²) in [4.78, 5) is 8.39. The monoisotopic (exact) mass is 526 g/mol. The zero-order valence-corrected chi connectivity index (χ0v) is 20.5. The highest BCUT2D eigenvalue weighted by atomic mass is 35.5. The van der Waals surface area contributed by atoms with E-state index < -0.39 is 11.7 Å². The van der Waals surface area contributed by atoms with Crippen LogP contribution in [-0.2, 0) is 0 Å². The number of aryl methyl sites for hydroxylation is 1. The van der Waals surface area contributed by atoms with Crippen molar-refractivity contribution in [3.63, 3.8) is 0 Å². The minimum absolute atomic E-state index is 0.0272. The van der Waals surface area contributed by atoms with Gasteiger partial charge in [-0.2, -0.15) is 5.26 Å². The SMILES string of the molecule is Cc1cc(C(C#N)c2ccc(Cl)cc2)c(Cl)cc1Nc1ncnc(Nc2ccc(F)c(Cl)c2)c1N. The van der Waals surface area contributed by atoms with Gasteiger partial charge in [-0.1, -0.05) is 53.0 Å². The zero-order valence-electron chi connectivity index (χ0n) is 18.3. The molecule has 0 amide bonds. The van der Waals surface area contributed by atoms with Crippen LogP contribution in [0.15, 0.2) is 60.9 Å². The number of nitrogen functional groups attached to an aromatic ring is 1. The van der Waals surface area contributed by atoms with Gasteiger partial charge >= 0.3 is 0 Å². The van der Waals surface area contributed by atoms with Gasteiger partial charge in [0.2, 0.25) is 0 Å². The molecule has 6 nitrogen and oxygen atoms in total. The molecule has 1 unspecified atom stereocenters. The predicted molar refractivity (Wildman–Crippen MR) is 140 cm³/mol. The fourth-order valence-electron chi connectivity index (χ4n) is 3.47. The van der Waals surface area contributed by atoms with Crippen LogP contribution in [0.1, 0.15) is 22.6 Å². The lowest BCUT2D eigenvalue weighted by Gasteiger charge is -2.17. The van der Waals surface area contributed by atoms with Crippen molar-refractivity contribution in [1.82, 2.24) is 9.97 Å². The highest BCUT2D eigenvalue weighted by Crippen LogP contribution is 2.36. The Morgan fingerprint density at radius 2 is 1.63 bits per heavy atom. The van der Waals surface area contributed by atoms with Crippen molar-refractivity contribution in [3.8, 4) is 6.07 Å². The number of aromatic nitrogens is 2. The van der Waals surface area contributed by atoms with E-state index in [4.69, 9.17) is 40.5 Å². The summed E-state index contributed by atoms with van der Waals surface area (Å²) < 4.78 is 13.5. The van der Waals surface area contributed by atoms with Crippen LogP contribution in [-0.4, -0.2) is 9.97 Å². The summed E-state index contributed by atoms with van der Waals surface area (Å²) in [6, 6.07) is 17.2. The maximum atomic E-state index is 13.5. The fourth-order valence-corrected chi connectivity index (χ4v) is 4.05. The van der Waals surface area contributed by atoms with Gasteiger partial charge in [-0.15, -0.1) is 0 Å². The average molecular weight is 528 g/mol. The normalized spacial score (nSPS) is 11.5. The Hall–Kier alpha value is -3.57. The number of anilines is 5. The summed E-state index contributed by atoms with van der Waals surface area (Å²) >= 11 is 18.4. The molecule has 0 radical (unpaired) electrons. The summed E-state index contributed by atoms with van der Waals surface area (Å²) in [6.07, 6.45) is 1.34. The molecule has 0 saturated carbocycles. The van der Waals surface area contributed by atoms with E-state index in [1.165, 1.54) is 24.5 Å². The molecule has 0 aliphatic carbocycles. The van der Waals surface area contributed by atoms with Crippen molar-refractivity contribution in [3.05, 3.63) is 98.5 Å². The van der Waals surface area contributed by atoms with Crippen LogP contribution >= 0.6 is 34.8 Å². The van der Waals surface area contributed by atoms with Gasteiger partial charge in [-0.3, -0.25) is 0 Å². The molecule has 3 aromatic carbocycles. The second kappa shape index (κ2) is 10.4. The summed E-state index contributed by atoms with van der Waals surface area (Å²) in [6.45, 7) is 1.88. The topological polar surface area (TPSA) is 99.6 Å². The average Bonchev–Trinajstić information content (AvgIpc) is 2.83. The molecule has 0 aliphatic rings. The molecular formula is C25H18Cl3FN6. The highest BCUT2D eigenvalue weighted by molar-refractivity contribution is 6.32. The van der Waals surface area contributed by atoms with Gasteiger partial charge < -0.3 is 16.4 Å². The molecule has 10 heteroatoms. The summed E-state index contributed by atoms with van der Waals surface area (Å²) in [5.41, 5.74) is 9.98. The minimum atomic E-state index is -0.560. The predicted octanol–water partition coefficient (Wildman–Crippen LogP) is 7.61. The molecule has 176 valence electrons. The Bertz CT molecular complexity index is 1440. The number of hydrogen-bond acceptors (Lipinski definition) is 6. The second-order valence-electron chi connectivity index (χ2n) is 7.67. The zero-order chi connectivity index (χ0) is 25.1. The van der Waals surface area contributed by atoms with Gasteiger partial charge in [0.05, 0.1) is 17.0 Å². The molecule has 1 aromatic heterocycles. The largest absolute Gasteiger partial charge is 0.393 e. The second-order valence-corrected chi connectivity index (χ2v) is 8.92. The Morgan fingerprint density at radius 3 is 2.29 bits per heavy atom. The molecular weight excluding hydrogens is 510 g/mol. The van der Waals surface area contributed by atoms with Crippen LogP contribution in [0.4, 0.5) is 33.1 Å². The molecule has 0 fully saturated rings. The molecule has 0 aliphatic heterocycles. The van der Waals surface area contributed by atoms with E-state index >= 15 is 0 Å². The molecule has 4 aromatic rings. The van der Waals surface area contributed by atoms with Crippen LogP contribution < -0.4 is 16.4 Å². The lowest BCUT2D eigenvalue weighted by Crippen LogP contribution is -2.07. The number of nitrogens with two attached hydrogens (primary N) is 1. The van der Waals surface area contributed by atoms with Gasteiger partial charge in [-0.05, 0) is 60.0 Å². The number of nitrogens with zero attached hydrogens (tertiary/aromatic N) is 3. The van der Waals surface area contributed by atoms with E-state index in [2.05, 4.69) is 26.7 Å². The molecule has 1 atom stereocenters. The fraction of sp³-hybridized carbons (Fsp3) is 0.0800. The molecule has 1 heterocycles. The quantitative estimate of drug-likeness (QED) is 0.239. The first-order valence-corrected chi connectivity index (χ1v) is 11.4. The standard InChI is InChI=1S/C25H18Cl3FN6/c1-13-8-17(18(11-30)14-2-4-15(26)5-3-14)19(27)10-22(13)35-25-23(31)24(32-12-33-25)34-16-6-7-21(29)20(28)9-16/h2-10,12,18H,31H2,1H3,(H2,32,33,34,35). The minimum Gasteiger partial charge on any atom is -0.393 e. The number of benzene rings is 3. The maximum Gasteiger partial charge on any atom is 0.159 e. The van der Waals surface area contributed by atoms with Gasteiger partial charge in [-0.25, -0.2) is 14.4 Å². The van der Waals surface area contributed by atoms with Gasteiger partial charge in [0, 0.05) is 21.4 Å². The van der Waals surface area contributed by atoms with Crippen LogP contribution in [0.5, 0.6) is 0 Å². The van der Waals surface area contributed by atoms with Crippen LogP contribution in [0.3, 0.4) is 0 Å². The maximum absolute atomic E-state index is 13.5.